The number of anilines is 2. The van der Waals surface area contributed by atoms with Gasteiger partial charge in [0, 0.05) is 31.5 Å². The molecule has 1 aliphatic rings. The molecular formula is C27H34N4O2S. The molecule has 2 aromatic carbocycles. The van der Waals surface area contributed by atoms with Crippen LogP contribution in [0.25, 0.3) is 0 Å². The molecule has 0 N–H and O–H groups in total. The zero-order chi connectivity index (χ0) is 24.3. The zero-order valence-electron chi connectivity index (χ0n) is 20.5. The lowest BCUT2D eigenvalue weighted by molar-refractivity contribution is 0.576. The van der Waals surface area contributed by atoms with Crippen molar-refractivity contribution in [3.05, 3.63) is 77.6 Å². The normalized spacial score (nSPS) is 15.9. The zero-order valence-corrected chi connectivity index (χ0v) is 21.3. The Morgan fingerprint density at radius 2 is 1.82 bits per heavy atom. The van der Waals surface area contributed by atoms with Gasteiger partial charge in [-0.1, -0.05) is 39.8 Å². The van der Waals surface area contributed by atoms with Crippen molar-refractivity contribution in [2.45, 2.75) is 57.9 Å². The summed E-state index contributed by atoms with van der Waals surface area (Å²) in [6.07, 6.45) is 5.38. The van der Waals surface area contributed by atoms with Crippen molar-refractivity contribution in [1.29, 1.82) is 0 Å². The molecule has 4 rings (SSSR count). The van der Waals surface area contributed by atoms with Crippen LogP contribution >= 0.6 is 0 Å². The van der Waals surface area contributed by atoms with Crippen molar-refractivity contribution >= 4 is 21.4 Å². The molecule has 6 nitrogen and oxygen atoms in total. The molecule has 1 aromatic heterocycles. The molecule has 3 aromatic rings. The molecule has 0 saturated carbocycles. The Morgan fingerprint density at radius 1 is 1.06 bits per heavy atom. The van der Waals surface area contributed by atoms with Crippen LogP contribution in [0.3, 0.4) is 0 Å². The lowest BCUT2D eigenvalue weighted by Gasteiger charge is -2.35. The second-order valence-corrected chi connectivity index (χ2v) is 11.4. The lowest BCUT2D eigenvalue weighted by Crippen LogP contribution is -2.35. The van der Waals surface area contributed by atoms with Crippen LogP contribution in [0, 0.1) is 5.92 Å². The first-order chi connectivity index (χ1) is 16.3. The molecule has 0 bridgehead atoms. The largest absolute Gasteiger partial charge is 0.367 e. The molecule has 1 aliphatic heterocycles. The van der Waals surface area contributed by atoms with Gasteiger partial charge in [0.15, 0.2) is 0 Å². The van der Waals surface area contributed by atoms with Crippen LogP contribution in [0.2, 0.25) is 0 Å². The van der Waals surface area contributed by atoms with Gasteiger partial charge in [-0.15, -0.1) is 0 Å². The summed E-state index contributed by atoms with van der Waals surface area (Å²) in [6.45, 7) is 10.4. The quantitative estimate of drug-likeness (QED) is 0.433. The number of aromatic nitrogens is 2. The molecule has 0 radical (unpaired) electrons. The van der Waals surface area contributed by atoms with Gasteiger partial charge in [0.2, 0.25) is 0 Å². The fourth-order valence-electron chi connectivity index (χ4n) is 4.50. The van der Waals surface area contributed by atoms with Gasteiger partial charge in [0.25, 0.3) is 10.0 Å². The summed E-state index contributed by atoms with van der Waals surface area (Å²) in [6, 6.07) is 15.5. The van der Waals surface area contributed by atoms with E-state index in [0.717, 1.165) is 42.7 Å². The van der Waals surface area contributed by atoms with Crippen molar-refractivity contribution in [2.24, 2.45) is 5.92 Å². The first kappa shape index (κ1) is 24.2. The van der Waals surface area contributed by atoms with Gasteiger partial charge in [0.1, 0.15) is 0 Å². The van der Waals surface area contributed by atoms with Crippen molar-refractivity contribution in [2.75, 3.05) is 22.3 Å². The highest BCUT2D eigenvalue weighted by Crippen LogP contribution is 2.38. The van der Waals surface area contributed by atoms with Gasteiger partial charge in [-0.05, 0) is 77.8 Å². The fourth-order valence-corrected chi connectivity index (χ4v) is 6.16. The van der Waals surface area contributed by atoms with Gasteiger partial charge >= 0.3 is 0 Å². The van der Waals surface area contributed by atoms with Crippen molar-refractivity contribution in [1.82, 2.24) is 10.2 Å². The highest BCUT2D eigenvalue weighted by atomic mass is 32.2. The summed E-state index contributed by atoms with van der Waals surface area (Å²) >= 11 is 0. The van der Waals surface area contributed by atoms with E-state index in [2.05, 4.69) is 28.9 Å². The molecule has 2 heterocycles. The van der Waals surface area contributed by atoms with Crippen LogP contribution in [0.15, 0.2) is 65.8 Å². The van der Waals surface area contributed by atoms with Gasteiger partial charge in [0.05, 0.1) is 16.8 Å². The molecule has 0 aliphatic carbocycles. The van der Waals surface area contributed by atoms with E-state index in [1.165, 1.54) is 5.56 Å². The smallest absolute Gasteiger partial charge is 0.264 e. The van der Waals surface area contributed by atoms with E-state index in [1.54, 1.807) is 22.8 Å². The number of fused-ring (bicyclic) bond motifs is 1. The average molecular weight is 479 g/mol. The third kappa shape index (κ3) is 5.09. The van der Waals surface area contributed by atoms with Crippen LogP contribution < -0.4 is 9.21 Å². The third-order valence-electron chi connectivity index (χ3n) is 6.47. The topological polar surface area (TPSA) is 66.4 Å². The Bertz CT molecular complexity index is 1210. The lowest BCUT2D eigenvalue weighted by atomic mass is 9.91. The van der Waals surface area contributed by atoms with E-state index in [4.69, 9.17) is 0 Å². The predicted octanol–water partition coefficient (Wildman–Crippen LogP) is 5.40. The minimum Gasteiger partial charge on any atom is -0.367 e. The highest BCUT2D eigenvalue weighted by Gasteiger charge is 2.29. The van der Waals surface area contributed by atoms with E-state index >= 15 is 0 Å². The molecule has 0 saturated heterocycles. The molecule has 1 unspecified atom stereocenters. The minimum absolute atomic E-state index is 0.196. The van der Waals surface area contributed by atoms with Gasteiger partial charge in [-0.2, -0.15) is 10.2 Å². The maximum absolute atomic E-state index is 13.9. The molecule has 0 spiro atoms. The monoisotopic (exact) mass is 478 g/mol. The number of rotatable bonds is 8. The third-order valence-corrected chi connectivity index (χ3v) is 8.26. The minimum atomic E-state index is -3.71. The number of hydrogen-bond donors (Lipinski definition) is 0. The van der Waals surface area contributed by atoms with Gasteiger partial charge < -0.3 is 4.90 Å². The molecule has 180 valence electrons. The summed E-state index contributed by atoms with van der Waals surface area (Å²) in [5.41, 5.74) is 5.17. The van der Waals surface area contributed by atoms with Crippen molar-refractivity contribution in [3.8, 4) is 0 Å². The molecular weight excluding hydrogens is 444 g/mol. The maximum atomic E-state index is 13.9. The van der Waals surface area contributed by atoms with Gasteiger partial charge in [-0.3, -0.25) is 4.31 Å². The molecule has 0 amide bonds. The van der Waals surface area contributed by atoms with Crippen LogP contribution in [0.1, 0.15) is 56.7 Å². The Kier molecular flexibility index (Phi) is 7.22. The Labute approximate surface area is 203 Å². The predicted molar refractivity (Wildman–Crippen MR) is 138 cm³/mol. The molecule has 1 atom stereocenters. The second kappa shape index (κ2) is 10.1. The number of sulfonamides is 1. The number of aryl methyl sites for hydroxylation is 1. The number of nitrogens with zero attached hydrogens (tertiary/aromatic N) is 4. The summed E-state index contributed by atoms with van der Waals surface area (Å²) in [5, 5.41) is 7.85. The Morgan fingerprint density at radius 3 is 2.47 bits per heavy atom. The first-order valence-electron chi connectivity index (χ1n) is 12.1. The highest BCUT2D eigenvalue weighted by molar-refractivity contribution is 7.92. The summed E-state index contributed by atoms with van der Waals surface area (Å²) in [7, 11) is -3.71. The van der Waals surface area contributed by atoms with Gasteiger partial charge in [-0.25, -0.2) is 8.42 Å². The second-order valence-electron chi connectivity index (χ2n) is 9.53. The van der Waals surface area contributed by atoms with E-state index in [-0.39, 0.29) is 5.92 Å². The van der Waals surface area contributed by atoms with Crippen LogP contribution in [0.4, 0.5) is 11.4 Å². The van der Waals surface area contributed by atoms with E-state index < -0.39 is 10.0 Å². The van der Waals surface area contributed by atoms with E-state index in [9.17, 15) is 8.42 Å². The maximum Gasteiger partial charge on any atom is 0.264 e. The van der Waals surface area contributed by atoms with Crippen molar-refractivity contribution < 1.29 is 8.42 Å². The van der Waals surface area contributed by atoms with Crippen LogP contribution in [-0.2, 0) is 23.0 Å². The summed E-state index contributed by atoms with van der Waals surface area (Å²) in [5.74, 6) is 0.487. The first-order valence-corrected chi connectivity index (χ1v) is 13.5. The number of hydrogen-bond acceptors (Lipinski definition) is 5. The number of benzene rings is 2. The molecule has 34 heavy (non-hydrogen) atoms. The summed E-state index contributed by atoms with van der Waals surface area (Å²) in [4.78, 5) is 2.66. The standard InChI is InChI=1S/C27H34N4O2S/c1-5-22-6-8-24(9-7-22)31(18-20(2)3)34(32,33)25-10-11-27-26(16-25)21(4)13-15-30(27)19-23-12-14-28-29-17-23/h6-12,14,16-17,20-21H,5,13,15,18-19H2,1-4H3. The molecule has 7 heteroatoms. The van der Waals surface area contributed by atoms with Crippen LogP contribution in [-0.4, -0.2) is 31.7 Å². The molecule has 0 fully saturated rings. The SMILES string of the molecule is CCc1ccc(N(CC(C)C)S(=O)(=O)c2ccc3c(c2)C(C)CCN3Cc2ccnnc2)cc1. The van der Waals surface area contributed by atoms with Crippen molar-refractivity contribution in [3.63, 3.8) is 0 Å². The Balaban J connectivity index is 1.70. The van der Waals surface area contributed by atoms with E-state index in [1.807, 2.05) is 56.3 Å². The fraction of sp³-hybridized carbons (Fsp3) is 0.407. The van der Waals surface area contributed by atoms with E-state index in [0.29, 0.717) is 23.0 Å². The van der Waals surface area contributed by atoms with Crippen LogP contribution in [0.5, 0.6) is 0 Å². The summed E-state index contributed by atoms with van der Waals surface area (Å²) < 4.78 is 29.3. The Hall–Kier alpha value is -2.93. The average Bonchev–Trinajstić information content (AvgIpc) is 2.84.